The molecule has 0 saturated carbocycles. The number of fused-ring (bicyclic) bond motifs is 1. The van der Waals surface area contributed by atoms with Crippen LogP contribution in [0.5, 0.6) is 5.75 Å². The Morgan fingerprint density at radius 3 is 2.32 bits per heavy atom. The summed E-state index contributed by atoms with van der Waals surface area (Å²) in [5.74, 6) is 2.25. The fourth-order valence-corrected chi connectivity index (χ4v) is 5.05. The smallest absolute Gasteiger partial charge is 0.333 e. The van der Waals surface area contributed by atoms with Crippen molar-refractivity contribution in [1.82, 2.24) is 35.5 Å². The Morgan fingerprint density at radius 2 is 1.78 bits per heavy atom. The molecular weight excluding hydrogens is 630 g/mol. The molecule has 3 aromatic rings. The lowest BCUT2D eigenvalue weighted by atomic mass is 10.0. The highest BCUT2D eigenvalue weighted by molar-refractivity contribution is 5.89. The van der Waals surface area contributed by atoms with Crippen molar-refractivity contribution in [1.29, 1.82) is 0 Å². The van der Waals surface area contributed by atoms with Gasteiger partial charge in [-0.3, -0.25) is 14.8 Å². The van der Waals surface area contributed by atoms with Gasteiger partial charge in [0.1, 0.15) is 12.1 Å². The third kappa shape index (κ3) is 16.8. The number of hydrazine groups is 1. The Bertz CT molecular complexity index is 1420. The molecule has 0 radical (unpaired) electrons. The summed E-state index contributed by atoms with van der Waals surface area (Å²) in [5, 5.41) is 5.00. The number of carbonyl (C=O) groups excluding carboxylic acids is 2. The van der Waals surface area contributed by atoms with Gasteiger partial charge in [0, 0.05) is 69.5 Å². The maximum Gasteiger partial charge on any atom is 0.333 e. The van der Waals surface area contributed by atoms with Crippen molar-refractivity contribution >= 4 is 29.2 Å². The molecule has 6 N–H and O–H groups in total. The van der Waals surface area contributed by atoms with Gasteiger partial charge < -0.3 is 30.9 Å². The highest BCUT2D eigenvalue weighted by Crippen LogP contribution is 2.24. The molecule has 1 saturated heterocycles. The second-order valence-corrected chi connectivity index (χ2v) is 12.8. The Labute approximate surface area is 300 Å². The van der Waals surface area contributed by atoms with E-state index >= 15 is 0 Å². The summed E-state index contributed by atoms with van der Waals surface area (Å²) in [5.41, 5.74) is 15.0. The van der Waals surface area contributed by atoms with Gasteiger partial charge in [0.15, 0.2) is 0 Å². The predicted molar refractivity (Wildman–Crippen MR) is 208 cm³/mol. The quantitative estimate of drug-likeness (QED) is 0.0697. The van der Waals surface area contributed by atoms with Crippen molar-refractivity contribution in [2.45, 2.75) is 60.4 Å². The van der Waals surface area contributed by atoms with Crippen LogP contribution in [0.2, 0.25) is 0 Å². The van der Waals surface area contributed by atoms with Crippen LogP contribution in [-0.2, 0) is 4.79 Å². The number of benzene rings is 2. The van der Waals surface area contributed by atoms with Crippen LogP contribution in [-0.4, -0.2) is 91.8 Å². The first-order valence-electron chi connectivity index (χ1n) is 17.4. The van der Waals surface area contributed by atoms with Crippen LogP contribution in [0.1, 0.15) is 54.4 Å². The van der Waals surface area contributed by atoms with E-state index in [4.69, 9.17) is 15.3 Å². The number of likely N-dealkylation sites (N-methyl/N-ethyl adjacent to an activating group) is 1. The lowest BCUT2D eigenvalue weighted by Gasteiger charge is -2.41. The molecule has 50 heavy (non-hydrogen) atoms. The maximum absolute atomic E-state index is 11.6. The van der Waals surface area contributed by atoms with Crippen LogP contribution >= 0.6 is 0 Å². The minimum absolute atomic E-state index is 0.316. The van der Waals surface area contributed by atoms with Gasteiger partial charge in [-0.2, -0.15) is 0 Å². The van der Waals surface area contributed by atoms with Crippen molar-refractivity contribution in [2.24, 2.45) is 17.6 Å². The minimum atomic E-state index is -0.316. The number of nitrogens with one attached hydrogen (secondary N) is 4. The number of hydrogen-bond donors (Lipinski definition) is 5. The predicted octanol–water partition coefficient (Wildman–Crippen LogP) is 5.77. The average Bonchev–Trinajstić information content (AvgIpc) is 3.51. The molecule has 12 nitrogen and oxygen atoms in total. The number of ether oxygens (including phenoxy) is 1. The largest absolute Gasteiger partial charge is 0.493 e. The van der Waals surface area contributed by atoms with Gasteiger partial charge in [-0.05, 0) is 82.0 Å². The number of anilines is 1. The molecule has 1 aliphatic heterocycles. The zero-order valence-corrected chi connectivity index (χ0v) is 31.8. The number of amides is 3. The maximum atomic E-state index is 11.6. The topological polar surface area (TPSA) is 142 Å². The number of carbonyl (C=O) groups is 2. The lowest BCUT2D eigenvalue weighted by molar-refractivity contribution is -0.109. The van der Waals surface area contributed by atoms with E-state index in [9.17, 15) is 4.79 Å². The third-order valence-electron chi connectivity index (χ3n) is 7.63. The normalized spacial score (nSPS) is 14.7. The molecule has 0 bridgehead atoms. The number of aromatic nitrogens is 2. The van der Waals surface area contributed by atoms with Crippen LogP contribution in [0.3, 0.4) is 0 Å². The Morgan fingerprint density at radius 1 is 1.12 bits per heavy atom. The number of imidazole rings is 1. The molecule has 0 aliphatic carbocycles. The first-order valence-corrected chi connectivity index (χ1v) is 17.4. The fraction of sp³-hybridized carbons (Fsp3) is 0.500. The number of urea groups is 1. The number of nitrogens with two attached hydrogens (primary N) is 1. The van der Waals surface area contributed by atoms with E-state index < -0.39 is 0 Å². The highest BCUT2D eigenvalue weighted by Gasteiger charge is 2.26. The summed E-state index contributed by atoms with van der Waals surface area (Å²) in [6, 6.07) is 14.0. The molecule has 2 heterocycles. The van der Waals surface area contributed by atoms with E-state index in [-0.39, 0.29) is 6.03 Å². The first-order chi connectivity index (χ1) is 23.9. The fourth-order valence-electron chi connectivity index (χ4n) is 5.05. The van der Waals surface area contributed by atoms with Crippen molar-refractivity contribution in [3.8, 4) is 11.4 Å². The zero-order chi connectivity index (χ0) is 37.5. The summed E-state index contributed by atoms with van der Waals surface area (Å²) in [4.78, 5) is 30.3. The molecule has 2 aromatic carbocycles. The van der Waals surface area contributed by atoms with Crippen LogP contribution in [0.4, 0.5) is 10.5 Å². The highest BCUT2D eigenvalue weighted by atomic mass is 16.5. The van der Waals surface area contributed by atoms with Gasteiger partial charge in [-0.15, -0.1) is 6.58 Å². The lowest BCUT2D eigenvalue weighted by Crippen LogP contribution is -2.53. The van der Waals surface area contributed by atoms with Gasteiger partial charge in [0.05, 0.1) is 17.6 Å². The van der Waals surface area contributed by atoms with Gasteiger partial charge in [-0.1, -0.05) is 39.8 Å². The Kier molecular flexibility index (Phi) is 21.6. The molecule has 12 heteroatoms. The van der Waals surface area contributed by atoms with E-state index in [0.29, 0.717) is 30.7 Å². The molecule has 3 amide bonds. The Balaban J connectivity index is 0.000000702. The van der Waals surface area contributed by atoms with Gasteiger partial charge >= 0.3 is 6.03 Å². The summed E-state index contributed by atoms with van der Waals surface area (Å²) in [7, 11) is 5.44. The SMILES string of the molecule is C/C(N)=C\CC(C)C.C=CC.CNC=O.CNNC(=O)Nc1ccc(-n2cnc3cc(OCCCN4CCN(C)C(C(C)C)C4)ccc32)cc1. The molecule has 278 valence electrons. The molecule has 4 rings (SSSR count). The minimum Gasteiger partial charge on any atom is -0.493 e. The van der Waals surface area contributed by atoms with Crippen LogP contribution in [0.25, 0.3) is 16.7 Å². The van der Waals surface area contributed by atoms with Crippen LogP contribution < -0.4 is 32.0 Å². The first kappa shape index (κ1) is 43.6. The monoisotopic (exact) mass is 694 g/mol. The van der Waals surface area contributed by atoms with Crippen LogP contribution in [0, 0.1) is 11.8 Å². The van der Waals surface area contributed by atoms with E-state index in [1.165, 1.54) is 0 Å². The summed E-state index contributed by atoms with van der Waals surface area (Å²) in [6.45, 7) is 21.3. The van der Waals surface area contributed by atoms with Gasteiger partial charge in [-0.25, -0.2) is 15.2 Å². The summed E-state index contributed by atoms with van der Waals surface area (Å²) in [6.07, 6.45) is 8.35. The number of rotatable bonds is 12. The van der Waals surface area contributed by atoms with Crippen LogP contribution in [0.15, 0.2) is 73.2 Å². The van der Waals surface area contributed by atoms with E-state index in [0.717, 1.165) is 73.1 Å². The standard InChI is InChI=1S/C26H37N7O2.C7H15N.C3H6.C2H5NO/c1-19(2)25-17-32(14-13-31(25)4)12-5-15-35-22-10-11-24-23(16-22)28-18-33(24)21-8-6-20(7-9-21)29-26(34)30-27-3;1-6(2)4-5-7(3)8;1-3-2;1-3-2-4/h6-11,16,18-19,25,27H,5,12-15,17H2,1-4H3,(H2,29,30,34);5-6H,4,8H2,1-3H3;3H,1H2,2H3;2H,1H3,(H,3,4)/b;7-5+;;. The average molecular weight is 694 g/mol. The zero-order valence-electron chi connectivity index (χ0n) is 31.8. The van der Waals surface area contributed by atoms with E-state index in [1.807, 2.05) is 67.2 Å². The number of hydrogen-bond acceptors (Lipinski definition) is 8. The molecule has 1 unspecified atom stereocenters. The van der Waals surface area contributed by atoms with Crippen molar-refractivity contribution < 1.29 is 14.3 Å². The number of nitrogens with zero attached hydrogens (tertiary/aromatic N) is 4. The van der Waals surface area contributed by atoms with Gasteiger partial charge in [0.2, 0.25) is 6.41 Å². The summed E-state index contributed by atoms with van der Waals surface area (Å²) < 4.78 is 8.07. The third-order valence-corrected chi connectivity index (χ3v) is 7.63. The van der Waals surface area contributed by atoms with Crippen molar-refractivity contribution in [3.63, 3.8) is 0 Å². The second kappa shape index (κ2) is 24.7. The summed E-state index contributed by atoms with van der Waals surface area (Å²) >= 11 is 0. The van der Waals surface area contributed by atoms with Crippen molar-refractivity contribution in [2.75, 3.05) is 59.2 Å². The Hall–Kier alpha value is -4.39. The molecule has 0 spiro atoms. The molecule has 1 aliphatic rings. The molecule has 1 aromatic heterocycles. The number of piperazine rings is 1. The van der Waals surface area contributed by atoms with Gasteiger partial charge in [0.25, 0.3) is 0 Å². The molecule has 1 fully saturated rings. The second-order valence-electron chi connectivity index (χ2n) is 12.8. The van der Waals surface area contributed by atoms with E-state index in [1.54, 1.807) is 20.2 Å². The van der Waals surface area contributed by atoms with E-state index in [2.05, 4.69) is 83.7 Å². The van der Waals surface area contributed by atoms with Crippen molar-refractivity contribution in [3.05, 3.63) is 73.2 Å². The molecule has 1 atom stereocenters. The molecular formula is C38H63N9O3. The number of allylic oxidation sites excluding steroid dienone is 3.